The van der Waals surface area contributed by atoms with Crippen molar-refractivity contribution < 1.29 is 8.42 Å². The first-order valence-electron chi connectivity index (χ1n) is 6.57. The van der Waals surface area contributed by atoms with Crippen LogP contribution in [0.15, 0.2) is 18.2 Å². The standard InChI is InChI=1S/C13H16ClN3O2S/c1-20(18,19)17-7-3-2-4-12(17)13-15-10-6-5-9(14)8-11(10)16-13/h5-6,8,12H,2-4,7H2,1H3,(H,15,16). The minimum absolute atomic E-state index is 0.204. The van der Waals surface area contributed by atoms with Crippen LogP contribution in [0, 0.1) is 0 Å². The first kappa shape index (κ1) is 13.9. The van der Waals surface area contributed by atoms with Gasteiger partial charge in [-0.25, -0.2) is 13.4 Å². The summed E-state index contributed by atoms with van der Waals surface area (Å²) in [5.74, 6) is 0.701. The molecular formula is C13H16ClN3O2S. The number of aromatic amines is 1. The molecule has 0 bridgehead atoms. The average molecular weight is 314 g/mol. The Morgan fingerprint density at radius 2 is 2.20 bits per heavy atom. The van der Waals surface area contributed by atoms with Crippen LogP contribution in [0.2, 0.25) is 5.02 Å². The fraction of sp³-hybridized carbons (Fsp3) is 0.462. The number of imidazole rings is 1. The maximum absolute atomic E-state index is 11.9. The SMILES string of the molecule is CS(=O)(=O)N1CCCCC1c1nc2ccc(Cl)cc2[nH]1. The van der Waals surface area contributed by atoms with Crippen molar-refractivity contribution in [2.24, 2.45) is 0 Å². The van der Waals surface area contributed by atoms with E-state index in [2.05, 4.69) is 9.97 Å². The summed E-state index contributed by atoms with van der Waals surface area (Å²) in [5, 5.41) is 0.635. The monoisotopic (exact) mass is 313 g/mol. The first-order valence-corrected chi connectivity index (χ1v) is 8.80. The number of halogens is 1. The van der Waals surface area contributed by atoms with Gasteiger partial charge in [0, 0.05) is 11.6 Å². The van der Waals surface area contributed by atoms with Gasteiger partial charge >= 0.3 is 0 Å². The van der Waals surface area contributed by atoms with Gasteiger partial charge in [0.25, 0.3) is 0 Å². The van der Waals surface area contributed by atoms with Gasteiger partial charge in [0.1, 0.15) is 5.82 Å². The zero-order valence-electron chi connectivity index (χ0n) is 11.1. The molecule has 0 radical (unpaired) electrons. The van der Waals surface area contributed by atoms with Crippen molar-refractivity contribution in [3.8, 4) is 0 Å². The minimum Gasteiger partial charge on any atom is -0.341 e. The summed E-state index contributed by atoms with van der Waals surface area (Å²) in [7, 11) is -3.22. The highest BCUT2D eigenvalue weighted by Crippen LogP contribution is 2.32. The molecule has 0 saturated carbocycles. The molecule has 1 unspecified atom stereocenters. The molecule has 7 heteroatoms. The fourth-order valence-electron chi connectivity index (χ4n) is 2.73. The van der Waals surface area contributed by atoms with E-state index in [1.165, 1.54) is 10.6 Å². The van der Waals surface area contributed by atoms with E-state index in [0.29, 0.717) is 17.4 Å². The van der Waals surface area contributed by atoms with E-state index < -0.39 is 10.0 Å². The summed E-state index contributed by atoms with van der Waals surface area (Å²) in [6.07, 6.45) is 3.95. The highest BCUT2D eigenvalue weighted by atomic mass is 35.5. The number of aromatic nitrogens is 2. The van der Waals surface area contributed by atoms with E-state index >= 15 is 0 Å². The molecule has 1 N–H and O–H groups in total. The highest BCUT2D eigenvalue weighted by molar-refractivity contribution is 7.88. The first-order chi connectivity index (χ1) is 9.45. The van der Waals surface area contributed by atoms with Gasteiger partial charge in [0.15, 0.2) is 0 Å². The maximum atomic E-state index is 11.9. The topological polar surface area (TPSA) is 66.1 Å². The summed E-state index contributed by atoms with van der Waals surface area (Å²) in [5.41, 5.74) is 1.65. The number of hydrogen-bond donors (Lipinski definition) is 1. The van der Waals surface area contributed by atoms with Crippen LogP contribution in [-0.4, -0.2) is 35.5 Å². The zero-order valence-corrected chi connectivity index (χ0v) is 12.7. The van der Waals surface area contributed by atoms with Crippen LogP contribution in [0.1, 0.15) is 31.1 Å². The van der Waals surface area contributed by atoms with Crippen molar-refractivity contribution in [3.05, 3.63) is 29.0 Å². The van der Waals surface area contributed by atoms with Crippen LogP contribution in [0.25, 0.3) is 11.0 Å². The number of benzene rings is 1. The minimum atomic E-state index is -3.22. The second-order valence-electron chi connectivity index (χ2n) is 5.17. The number of piperidine rings is 1. The average Bonchev–Trinajstić information content (AvgIpc) is 2.80. The molecule has 1 aromatic heterocycles. The van der Waals surface area contributed by atoms with Crippen molar-refractivity contribution in [2.45, 2.75) is 25.3 Å². The lowest BCUT2D eigenvalue weighted by Gasteiger charge is -2.32. The summed E-state index contributed by atoms with van der Waals surface area (Å²) < 4.78 is 25.3. The van der Waals surface area contributed by atoms with E-state index in [0.717, 1.165) is 30.3 Å². The molecule has 108 valence electrons. The quantitative estimate of drug-likeness (QED) is 0.927. The second-order valence-corrected chi connectivity index (χ2v) is 7.54. The Kier molecular flexibility index (Phi) is 3.48. The third-order valence-corrected chi connectivity index (χ3v) is 5.18. The van der Waals surface area contributed by atoms with Crippen molar-refractivity contribution in [2.75, 3.05) is 12.8 Å². The van der Waals surface area contributed by atoms with Crippen LogP contribution < -0.4 is 0 Å². The molecule has 2 heterocycles. The number of rotatable bonds is 2. The molecule has 5 nitrogen and oxygen atoms in total. The van der Waals surface area contributed by atoms with Crippen molar-refractivity contribution in [3.63, 3.8) is 0 Å². The molecule has 0 aliphatic carbocycles. The number of nitrogens with zero attached hydrogens (tertiary/aromatic N) is 2. The smallest absolute Gasteiger partial charge is 0.211 e. The Bertz CT molecular complexity index is 741. The van der Waals surface area contributed by atoms with E-state index in [9.17, 15) is 8.42 Å². The third-order valence-electron chi connectivity index (χ3n) is 3.66. The number of nitrogens with one attached hydrogen (secondary N) is 1. The number of fused-ring (bicyclic) bond motifs is 1. The van der Waals surface area contributed by atoms with Crippen LogP contribution in [0.4, 0.5) is 0 Å². The molecule has 1 saturated heterocycles. The third kappa shape index (κ3) is 2.55. The van der Waals surface area contributed by atoms with Gasteiger partial charge in [-0.15, -0.1) is 0 Å². The molecule has 3 rings (SSSR count). The highest BCUT2D eigenvalue weighted by Gasteiger charge is 2.32. The van der Waals surface area contributed by atoms with Gasteiger partial charge in [-0.05, 0) is 31.0 Å². The lowest BCUT2D eigenvalue weighted by Crippen LogP contribution is -2.38. The summed E-state index contributed by atoms with van der Waals surface area (Å²) in [6.45, 7) is 0.557. The molecule has 0 amide bonds. The number of hydrogen-bond acceptors (Lipinski definition) is 3. The Morgan fingerprint density at radius 3 is 2.95 bits per heavy atom. The molecule has 20 heavy (non-hydrogen) atoms. The van der Waals surface area contributed by atoms with Crippen molar-refractivity contribution >= 4 is 32.7 Å². The zero-order chi connectivity index (χ0) is 14.3. The van der Waals surface area contributed by atoms with Gasteiger partial charge in [-0.2, -0.15) is 4.31 Å². The van der Waals surface area contributed by atoms with Crippen LogP contribution in [0.5, 0.6) is 0 Å². The molecule has 1 aliphatic rings. The largest absolute Gasteiger partial charge is 0.341 e. The van der Waals surface area contributed by atoms with E-state index in [4.69, 9.17) is 11.6 Å². The Labute approximate surface area is 123 Å². The van der Waals surface area contributed by atoms with Crippen molar-refractivity contribution in [1.82, 2.24) is 14.3 Å². The molecule has 1 fully saturated rings. The second kappa shape index (κ2) is 5.02. The summed E-state index contributed by atoms with van der Waals surface area (Å²) >= 11 is 5.96. The maximum Gasteiger partial charge on any atom is 0.211 e. The fourth-order valence-corrected chi connectivity index (χ4v) is 4.03. The van der Waals surface area contributed by atoms with Gasteiger partial charge in [-0.3, -0.25) is 0 Å². The van der Waals surface area contributed by atoms with E-state index in [1.54, 1.807) is 12.1 Å². The predicted octanol–water partition coefficient (Wildman–Crippen LogP) is 2.70. The lowest BCUT2D eigenvalue weighted by molar-refractivity contribution is 0.249. The number of sulfonamides is 1. The molecule has 0 spiro atoms. The van der Waals surface area contributed by atoms with Gasteiger partial charge < -0.3 is 4.98 Å². The van der Waals surface area contributed by atoms with E-state index in [1.807, 2.05) is 6.07 Å². The molecular weight excluding hydrogens is 298 g/mol. The van der Waals surface area contributed by atoms with Gasteiger partial charge in [0.05, 0.1) is 23.3 Å². The van der Waals surface area contributed by atoms with Gasteiger partial charge in [-0.1, -0.05) is 18.0 Å². The van der Waals surface area contributed by atoms with E-state index in [-0.39, 0.29) is 6.04 Å². The normalized spacial score (nSPS) is 21.4. The van der Waals surface area contributed by atoms with Crippen LogP contribution in [-0.2, 0) is 10.0 Å². The van der Waals surface area contributed by atoms with Crippen LogP contribution >= 0.6 is 11.6 Å². The Hall–Kier alpha value is -1.11. The Balaban J connectivity index is 2.03. The molecule has 2 aromatic rings. The predicted molar refractivity (Wildman–Crippen MR) is 79.2 cm³/mol. The molecule has 1 aromatic carbocycles. The van der Waals surface area contributed by atoms with Gasteiger partial charge in [0.2, 0.25) is 10.0 Å². The lowest BCUT2D eigenvalue weighted by atomic mass is 10.0. The Morgan fingerprint density at radius 1 is 1.40 bits per heavy atom. The number of H-pyrrole nitrogens is 1. The molecule has 1 aliphatic heterocycles. The van der Waals surface area contributed by atoms with Crippen molar-refractivity contribution in [1.29, 1.82) is 0 Å². The van der Waals surface area contributed by atoms with Crippen LogP contribution in [0.3, 0.4) is 0 Å². The molecule has 1 atom stereocenters. The summed E-state index contributed by atoms with van der Waals surface area (Å²) in [4.78, 5) is 7.73. The summed E-state index contributed by atoms with van der Waals surface area (Å²) in [6, 6.07) is 5.22.